The molecule has 1 aliphatic carbocycles. The third-order valence-corrected chi connectivity index (χ3v) is 6.04. The molecule has 2 N–H and O–H groups in total. The fourth-order valence-corrected chi connectivity index (χ4v) is 4.66. The molecule has 0 bridgehead atoms. The molecule has 3 aliphatic rings. The molecule has 2 saturated heterocycles. The zero-order chi connectivity index (χ0) is 18.3. The lowest BCUT2D eigenvalue weighted by atomic mass is 9.81. The minimum Gasteiger partial charge on any atom is -0.370 e. The van der Waals surface area contributed by atoms with Gasteiger partial charge in [-0.15, -0.1) is 0 Å². The predicted octanol–water partition coefficient (Wildman–Crippen LogP) is 2.46. The van der Waals surface area contributed by atoms with Gasteiger partial charge in [-0.05, 0) is 50.3 Å². The standard InChI is InChI=1S/C20H25N3O3/c21-18(24)13-8-9-16(22-10-4-1-5-11-22)17(12-13)23-19(25)14-6-2-3-7-15(14)20(23)26/h8-9,12,14-15H,1-7,10-11H2,(H2,21,24)/t14-,15-/m0/s1. The Labute approximate surface area is 153 Å². The van der Waals surface area contributed by atoms with E-state index in [1.807, 2.05) is 6.07 Å². The van der Waals surface area contributed by atoms with Gasteiger partial charge in [0.15, 0.2) is 0 Å². The molecule has 4 rings (SSSR count). The van der Waals surface area contributed by atoms with Crippen molar-refractivity contribution in [2.75, 3.05) is 22.9 Å². The lowest BCUT2D eigenvalue weighted by Crippen LogP contribution is -2.35. The molecule has 3 fully saturated rings. The average Bonchev–Trinajstić information content (AvgIpc) is 2.93. The average molecular weight is 355 g/mol. The summed E-state index contributed by atoms with van der Waals surface area (Å²) in [6, 6.07) is 5.15. The van der Waals surface area contributed by atoms with Gasteiger partial charge in [0.1, 0.15) is 0 Å². The summed E-state index contributed by atoms with van der Waals surface area (Å²) in [6.07, 6.45) is 6.91. The summed E-state index contributed by atoms with van der Waals surface area (Å²) in [4.78, 5) is 41.3. The number of amides is 3. The first kappa shape index (κ1) is 17.1. The molecule has 3 amide bonds. The van der Waals surface area contributed by atoms with E-state index in [0.717, 1.165) is 57.3 Å². The largest absolute Gasteiger partial charge is 0.370 e. The maximum Gasteiger partial charge on any atom is 0.248 e. The lowest BCUT2D eigenvalue weighted by Gasteiger charge is -2.32. The van der Waals surface area contributed by atoms with Gasteiger partial charge in [-0.3, -0.25) is 14.4 Å². The van der Waals surface area contributed by atoms with Crippen LogP contribution in [0.2, 0.25) is 0 Å². The highest BCUT2D eigenvalue weighted by Crippen LogP contribution is 2.43. The second-order valence-electron chi connectivity index (χ2n) is 7.62. The number of hydrogen-bond acceptors (Lipinski definition) is 4. The molecule has 0 spiro atoms. The maximum atomic E-state index is 13.0. The van der Waals surface area contributed by atoms with Gasteiger partial charge in [0.05, 0.1) is 23.2 Å². The van der Waals surface area contributed by atoms with Crippen LogP contribution in [0.15, 0.2) is 18.2 Å². The van der Waals surface area contributed by atoms with Gasteiger partial charge < -0.3 is 10.6 Å². The highest BCUT2D eigenvalue weighted by molar-refractivity contribution is 6.23. The van der Waals surface area contributed by atoms with Crippen LogP contribution in [-0.2, 0) is 9.59 Å². The molecule has 1 aromatic carbocycles. The molecule has 2 aliphatic heterocycles. The van der Waals surface area contributed by atoms with Gasteiger partial charge >= 0.3 is 0 Å². The Hall–Kier alpha value is -2.37. The first-order valence-electron chi connectivity index (χ1n) is 9.64. The summed E-state index contributed by atoms with van der Waals surface area (Å²) < 4.78 is 0. The van der Waals surface area contributed by atoms with Crippen molar-refractivity contribution in [3.05, 3.63) is 23.8 Å². The Kier molecular flexibility index (Phi) is 4.42. The number of nitrogens with zero attached hydrogens (tertiary/aromatic N) is 2. The number of hydrogen-bond donors (Lipinski definition) is 1. The van der Waals surface area contributed by atoms with Crippen LogP contribution in [0.4, 0.5) is 11.4 Å². The second-order valence-corrected chi connectivity index (χ2v) is 7.62. The first-order chi connectivity index (χ1) is 12.6. The van der Waals surface area contributed by atoms with Crippen molar-refractivity contribution in [3.63, 3.8) is 0 Å². The van der Waals surface area contributed by atoms with Crippen LogP contribution in [0.25, 0.3) is 0 Å². The molecule has 6 heteroatoms. The van der Waals surface area contributed by atoms with E-state index in [0.29, 0.717) is 11.3 Å². The van der Waals surface area contributed by atoms with Gasteiger partial charge in [-0.1, -0.05) is 12.8 Å². The highest BCUT2D eigenvalue weighted by atomic mass is 16.2. The van der Waals surface area contributed by atoms with Gasteiger partial charge in [0, 0.05) is 18.7 Å². The van der Waals surface area contributed by atoms with Crippen molar-refractivity contribution in [1.29, 1.82) is 0 Å². The van der Waals surface area contributed by atoms with Gasteiger partial charge in [0.25, 0.3) is 0 Å². The maximum absolute atomic E-state index is 13.0. The number of anilines is 2. The summed E-state index contributed by atoms with van der Waals surface area (Å²) in [7, 11) is 0. The number of primary amides is 1. The molecule has 26 heavy (non-hydrogen) atoms. The van der Waals surface area contributed by atoms with E-state index < -0.39 is 5.91 Å². The quantitative estimate of drug-likeness (QED) is 0.844. The monoisotopic (exact) mass is 355 g/mol. The van der Waals surface area contributed by atoms with Crippen molar-refractivity contribution in [1.82, 2.24) is 0 Å². The number of carbonyl (C=O) groups excluding carboxylic acids is 3. The van der Waals surface area contributed by atoms with Crippen molar-refractivity contribution in [3.8, 4) is 0 Å². The summed E-state index contributed by atoms with van der Waals surface area (Å²) in [5, 5.41) is 0. The Morgan fingerprint density at radius 1 is 0.885 bits per heavy atom. The fraction of sp³-hybridized carbons (Fsp3) is 0.550. The van der Waals surface area contributed by atoms with Crippen LogP contribution < -0.4 is 15.5 Å². The Balaban J connectivity index is 1.78. The van der Waals surface area contributed by atoms with Crippen LogP contribution in [0.1, 0.15) is 55.3 Å². The Bertz CT molecular complexity index is 731. The SMILES string of the molecule is NC(=O)c1ccc(N2CCCCC2)c(N2C(=O)[C@H]3CCCC[C@@H]3C2=O)c1. The molecule has 1 saturated carbocycles. The first-order valence-corrected chi connectivity index (χ1v) is 9.64. The Morgan fingerprint density at radius 2 is 1.50 bits per heavy atom. The third-order valence-electron chi connectivity index (χ3n) is 6.04. The third kappa shape index (κ3) is 2.77. The summed E-state index contributed by atoms with van der Waals surface area (Å²) >= 11 is 0. The zero-order valence-corrected chi connectivity index (χ0v) is 14.9. The summed E-state index contributed by atoms with van der Waals surface area (Å²) in [5.74, 6) is -1.18. The number of piperidine rings is 1. The van der Waals surface area contributed by atoms with E-state index in [-0.39, 0.29) is 23.7 Å². The number of carbonyl (C=O) groups is 3. The van der Waals surface area contributed by atoms with Crippen LogP contribution >= 0.6 is 0 Å². The second kappa shape index (κ2) is 6.74. The van der Waals surface area contributed by atoms with Gasteiger partial charge in [0.2, 0.25) is 17.7 Å². The van der Waals surface area contributed by atoms with Crippen LogP contribution in [-0.4, -0.2) is 30.8 Å². The number of benzene rings is 1. The van der Waals surface area contributed by atoms with E-state index >= 15 is 0 Å². The number of fused-ring (bicyclic) bond motifs is 1. The van der Waals surface area contributed by atoms with E-state index in [9.17, 15) is 14.4 Å². The lowest BCUT2D eigenvalue weighted by molar-refractivity contribution is -0.122. The van der Waals surface area contributed by atoms with E-state index in [1.54, 1.807) is 12.1 Å². The molecular weight excluding hydrogens is 330 g/mol. The number of nitrogens with two attached hydrogens (primary N) is 1. The van der Waals surface area contributed by atoms with Crippen molar-refractivity contribution in [2.24, 2.45) is 17.6 Å². The fourth-order valence-electron chi connectivity index (χ4n) is 4.66. The number of rotatable bonds is 3. The molecule has 1 aromatic rings. The molecule has 138 valence electrons. The smallest absolute Gasteiger partial charge is 0.248 e. The van der Waals surface area contributed by atoms with Crippen molar-refractivity contribution in [2.45, 2.75) is 44.9 Å². The highest BCUT2D eigenvalue weighted by Gasteiger charge is 2.49. The predicted molar refractivity (Wildman–Crippen MR) is 99.0 cm³/mol. The van der Waals surface area contributed by atoms with Crippen molar-refractivity contribution < 1.29 is 14.4 Å². The number of imide groups is 1. The molecule has 2 atom stereocenters. The van der Waals surface area contributed by atoms with E-state index in [2.05, 4.69) is 4.90 Å². The van der Waals surface area contributed by atoms with Crippen LogP contribution in [0.3, 0.4) is 0 Å². The van der Waals surface area contributed by atoms with Crippen LogP contribution in [0.5, 0.6) is 0 Å². The van der Waals surface area contributed by atoms with Crippen LogP contribution in [0, 0.1) is 11.8 Å². The molecule has 6 nitrogen and oxygen atoms in total. The molecule has 2 heterocycles. The Morgan fingerprint density at radius 3 is 2.08 bits per heavy atom. The minimum atomic E-state index is -0.548. The van der Waals surface area contributed by atoms with Crippen molar-refractivity contribution >= 4 is 29.1 Å². The van der Waals surface area contributed by atoms with E-state index in [4.69, 9.17) is 5.73 Å². The molecule has 0 aromatic heterocycles. The van der Waals surface area contributed by atoms with Gasteiger partial charge in [-0.25, -0.2) is 4.90 Å². The summed E-state index contributed by atoms with van der Waals surface area (Å²) in [5.41, 5.74) is 7.18. The molecular formula is C20H25N3O3. The molecule has 0 radical (unpaired) electrons. The topological polar surface area (TPSA) is 83.7 Å². The zero-order valence-electron chi connectivity index (χ0n) is 14.9. The van der Waals surface area contributed by atoms with Gasteiger partial charge in [-0.2, -0.15) is 0 Å². The van der Waals surface area contributed by atoms with E-state index in [1.165, 1.54) is 11.3 Å². The normalized spacial score (nSPS) is 26.2. The molecule has 0 unspecified atom stereocenters. The minimum absolute atomic E-state index is 0.112. The summed E-state index contributed by atoms with van der Waals surface area (Å²) in [6.45, 7) is 1.79.